The number of hydrogen-bond donors (Lipinski definition) is 1. The summed E-state index contributed by atoms with van der Waals surface area (Å²) in [5, 5.41) is 0. The molecule has 0 saturated carbocycles. The summed E-state index contributed by atoms with van der Waals surface area (Å²) in [7, 11) is 1.51. The number of halogens is 2. The molecule has 0 radical (unpaired) electrons. The number of nitrogens with one attached hydrogen (secondary N) is 1. The van der Waals surface area contributed by atoms with Crippen molar-refractivity contribution in [1.29, 1.82) is 0 Å². The predicted molar refractivity (Wildman–Crippen MR) is 42.4 cm³/mol. The summed E-state index contributed by atoms with van der Waals surface area (Å²) in [5.74, 6) is -1.26. The fourth-order valence-corrected chi connectivity index (χ4v) is 1.11. The molecular weight excluding hydrogens is 184 g/mol. The van der Waals surface area contributed by atoms with Crippen molar-refractivity contribution >= 4 is 12.0 Å². The molecule has 0 heterocycles. The maximum atomic E-state index is 12.8. The molecule has 0 saturated heterocycles. The summed E-state index contributed by atoms with van der Waals surface area (Å²) in [5.41, 5.74) is 2.30. The zero-order valence-electron chi connectivity index (χ0n) is 6.30. The Kier molecular flexibility index (Phi) is 3.46. The molecular formula is C7H7F2NOS. The minimum atomic E-state index is -0.629. The molecule has 1 N–H and O–H groups in total. The molecule has 0 amide bonds. The van der Waals surface area contributed by atoms with Crippen molar-refractivity contribution in [3.63, 3.8) is 0 Å². The average molecular weight is 191 g/mol. The second kappa shape index (κ2) is 4.39. The normalized spacial score (nSPS) is 10.2. The van der Waals surface area contributed by atoms with E-state index in [1.54, 1.807) is 0 Å². The van der Waals surface area contributed by atoms with Crippen LogP contribution in [0.3, 0.4) is 0 Å². The molecule has 1 aromatic rings. The van der Waals surface area contributed by atoms with Gasteiger partial charge in [-0.05, 0) is 12.1 Å². The van der Waals surface area contributed by atoms with Crippen molar-refractivity contribution in [2.75, 3.05) is 7.05 Å². The highest BCUT2D eigenvalue weighted by Gasteiger charge is 2.08. The van der Waals surface area contributed by atoms with Gasteiger partial charge in [-0.3, -0.25) is 0 Å². The van der Waals surface area contributed by atoms with Crippen molar-refractivity contribution < 1.29 is 13.1 Å². The summed E-state index contributed by atoms with van der Waals surface area (Å²) in [6.07, 6.45) is 0. The lowest BCUT2D eigenvalue weighted by Crippen LogP contribution is -2.00. The highest BCUT2D eigenvalue weighted by Crippen LogP contribution is 2.24. The largest absolute Gasteiger partial charge is 0.226 e. The number of hydrogen-bond acceptors (Lipinski definition) is 3. The fourth-order valence-electron chi connectivity index (χ4n) is 0.645. The molecule has 0 fully saturated rings. The van der Waals surface area contributed by atoms with E-state index < -0.39 is 11.6 Å². The molecule has 0 aliphatic rings. The molecule has 0 bridgehead atoms. The lowest BCUT2D eigenvalue weighted by atomic mass is 10.3. The predicted octanol–water partition coefficient (Wildman–Crippen LogP) is 2.12. The van der Waals surface area contributed by atoms with E-state index in [9.17, 15) is 8.78 Å². The maximum Gasteiger partial charge on any atom is 0.142 e. The van der Waals surface area contributed by atoms with Gasteiger partial charge in [0.15, 0.2) is 0 Å². The van der Waals surface area contributed by atoms with E-state index in [-0.39, 0.29) is 4.90 Å². The number of hydroxylamine groups is 1. The van der Waals surface area contributed by atoms with Crippen LogP contribution in [0.1, 0.15) is 0 Å². The zero-order valence-corrected chi connectivity index (χ0v) is 7.12. The van der Waals surface area contributed by atoms with Gasteiger partial charge in [-0.25, -0.2) is 13.1 Å². The Morgan fingerprint density at radius 2 is 1.92 bits per heavy atom. The van der Waals surface area contributed by atoms with E-state index in [4.69, 9.17) is 0 Å². The molecule has 0 aliphatic carbocycles. The minimum absolute atomic E-state index is 0.146. The van der Waals surface area contributed by atoms with E-state index in [0.29, 0.717) is 12.0 Å². The van der Waals surface area contributed by atoms with Gasteiger partial charge in [-0.1, -0.05) is 6.07 Å². The molecule has 12 heavy (non-hydrogen) atoms. The van der Waals surface area contributed by atoms with E-state index in [0.717, 1.165) is 0 Å². The summed E-state index contributed by atoms with van der Waals surface area (Å²) in [6.45, 7) is 0. The molecule has 5 heteroatoms. The Morgan fingerprint density at radius 1 is 1.33 bits per heavy atom. The van der Waals surface area contributed by atoms with E-state index in [2.05, 4.69) is 9.76 Å². The van der Waals surface area contributed by atoms with Crippen molar-refractivity contribution in [3.05, 3.63) is 29.8 Å². The first-order chi connectivity index (χ1) is 5.75. The Morgan fingerprint density at radius 3 is 2.42 bits per heavy atom. The van der Waals surface area contributed by atoms with Crippen LogP contribution in [-0.4, -0.2) is 7.05 Å². The first kappa shape index (κ1) is 9.44. The lowest BCUT2D eigenvalue weighted by Gasteiger charge is -2.01. The molecule has 0 aliphatic heterocycles. The summed E-state index contributed by atoms with van der Waals surface area (Å²) in [4.78, 5) is -0.146. The van der Waals surface area contributed by atoms with Crippen molar-refractivity contribution in [1.82, 2.24) is 5.48 Å². The van der Waals surface area contributed by atoms with Gasteiger partial charge >= 0.3 is 0 Å². The molecule has 1 aromatic carbocycles. The van der Waals surface area contributed by atoms with Crippen molar-refractivity contribution in [2.45, 2.75) is 4.90 Å². The monoisotopic (exact) mass is 191 g/mol. The van der Waals surface area contributed by atoms with Crippen molar-refractivity contribution in [2.24, 2.45) is 0 Å². The van der Waals surface area contributed by atoms with Crippen LogP contribution >= 0.6 is 12.0 Å². The first-order valence-electron chi connectivity index (χ1n) is 3.20. The van der Waals surface area contributed by atoms with Crippen LogP contribution in [0.5, 0.6) is 0 Å². The molecule has 0 unspecified atom stereocenters. The Hall–Kier alpha value is -0.650. The van der Waals surface area contributed by atoms with E-state index in [1.807, 2.05) is 0 Å². The average Bonchev–Trinajstić information content (AvgIpc) is 2.04. The lowest BCUT2D eigenvalue weighted by molar-refractivity contribution is 0.270. The van der Waals surface area contributed by atoms with Crippen LogP contribution in [0.4, 0.5) is 8.78 Å². The Labute approximate surface area is 73.1 Å². The molecule has 0 atom stereocenters. The second-order valence-electron chi connectivity index (χ2n) is 1.92. The van der Waals surface area contributed by atoms with E-state index in [1.165, 1.54) is 25.2 Å². The summed E-state index contributed by atoms with van der Waals surface area (Å²) >= 11 is 0.613. The van der Waals surface area contributed by atoms with Crippen LogP contribution in [-0.2, 0) is 4.28 Å². The highest BCUT2D eigenvalue weighted by molar-refractivity contribution is 7.94. The fraction of sp³-hybridized carbons (Fsp3) is 0.143. The first-order valence-corrected chi connectivity index (χ1v) is 3.94. The molecule has 66 valence electrons. The van der Waals surface area contributed by atoms with Crippen LogP contribution in [0, 0.1) is 11.6 Å². The van der Waals surface area contributed by atoms with Gasteiger partial charge in [0.1, 0.15) is 16.5 Å². The molecule has 1 rings (SSSR count). The SMILES string of the molecule is CNOSc1c(F)cccc1F. The number of benzene rings is 1. The summed E-state index contributed by atoms with van der Waals surface area (Å²) in [6, 6.07) is 3.64. The third-order valence-electron chi connectivity index (χ3n) is 1.13. The van der Waals surface area contributed by atoms with Gasteiger partial charge in [0.05, 0.1) is 12.0 Å². The van der Waals surface area contributed by atoms with Gasteiger partial charge < -0.3 is 0 Å². The zero-order chi connectivity index (χ0) is 8.97. The number of rotatable bonds is 3. The van der Waals surface area contributed by atoms with Crippen LogP contribution < -0.4 is 5.48 Å². The van der Waals surface area contributed by atoms with Crippen molar-refractivity contribution in [3.8, 4) is 0 Å². The van der Waals surface area contributed by atoms with Gasteiger partial charge in [-0.2, -0.15) is 5.48 Å². The summed E-state index contributed by atoms with van der Waals surface area (Å²) < 4.78 is 30.2. The molecule has 2 nitrogen and oxygen atoms in total. The highest BCUT2D eigenvalue weighted by atomic mass is 32.2. The van der Waals surface area contributed by atoms with Crippen LogP contribution in [0.15, 0.2) is 23.1 Å². The third kappa shape index (κ3) is 2.17. The van der Waals surface area contributed by atoms with Gasteiger partial charge in [0, 0.05) is 7.05 Å². The third-order valence-corrected chi connectivity index (χ3v) is 1.93. The van der Waals surface area contributed by atoms with Gasteiger partial charge in [-0.15, -0.1) is 0 Å². The maximum absolute atomic E-state index is 12.8. The topological polar surface area (TPSA) is 21.3 Å². The second-order valence-corrected chi connectivity index (χ2v) is 2.66. The minimum Gasteiger partial charge on any atom is -0.226 e. The van der Waals surface area contributed by atoms with Gasteiger partial charge in [0.25, 0.3) is 0 Å². The van der Waals surface area contributed by atoms with Crippen LogP contribution in [0.2, 0.25) is 0 Å². The standard InChI is InChI=1S/C7H7F2NOS/c1-10-11-12-7-5(8)3-2-4-6(7)9/h2-4,10H,1H3. The quantitative estimate of drug-likeness (QED) is 0.584. The van der Waals surface area contributed by atoms with Crippen LogP contribution in [0.25, 0.3) is 0 Å². The molecule has 0 spiro atoms. The van der Waals surface area contributed by atoms with Gasteiger partial charge in [0.2, 0.25) is 0 Å². The molecule has 0 aromatic heterocycles. The Balaban J connectivity index is 2.81. The van der Waals surface area contributed by atoms with E-state index >= 15 is 0 Å². The Bertz CT molecular complexity index is 249. The smallest absolute Gasteiger partial charge is 0.142 e.